The second-order valence-corrected chi connectivity index (χ2v) is 5.98. The van der Waals surface area contributed by atoms with E-state index >= 15 is 0 Å². The molecule has 3 nitrogen and oxygen atoms in total. The van der Waals surface area contributed by atoms with Crippen LogP contribution in [-0.2, 0) is 4.79 Å². The van der Waals surface area contributed by atoms with Crippen molar-refractivity contribution in [3.05, 3.63) is 24.3 Å². The van der Waals surface area contributed by atoms with Crippen LogP contribution in [0.2, 0.25) is 0 Å². The van der Waals surface area contributed by atoms with Gasteiger partial charge in [0.15, 0.2) is 0 Å². The van der Waals surface area contributed by atoms with E-state index in [1.54, 1.807) is 0 Å². The van der Waals surface area contributed by atoms with Gasteiger partial charge in [-0.2, -0.15) is 13.2 Å². The number of nitrogens with two attached hydrogens (primary N) is 1. The molecule has 7 heteroatoms. The van der Waals surface area contributed by atoms with Crippen LogP contribution in [0.3, 0.4) is 0 Å². The Morgan fingerprint density at radius 1 is 1.29 bits per heavy atom. The van der Waals surface area contributed by atoms with Crippen molar-refractivity contribution in [3.8, 4) is 0 Å². The molecule has 1 unspecified atom stereocenters. The van der Waals surface area contributed by atoms with Gasteiger partial charge in [0, 0.05) is 17.0 Å². The summed E-state index contributed by atoms with van der Waals surface area (Å²) in [6, 6.07) is 5.61. The minimum Gasteiger partial charge on any atom is -0.330 e. The summed E-state index contributed by atoms with van der Waals surface area (Å²) >= 11 is -0.177. The number of carbonyl (C=O) groups is 1. The number of halogens is 3. The fraction of sp³-hybridized carbons (Fsp3) is 0.500. The van der Waals surface area contributed by atoms with Gasteiger partial charge in [-0.25, -0.2) is 0 Å². The summed E-state index contributed by atoms with van der Waals surface area (Å²) in [5.41, 5.74) is 1.63. The van der Waals surface area contributed by atoms with Gasteiger partial charge in [-0.05, 0) is 61.3 Å². The van der Waals surface area contributed by atoms with E-state index in [1.807, 2.05) is 6.92 Å². The van der Waals surface area contributed by atoms with E-state index < -0.39 is 5.51 Å². The molecule has 0 aliphatic rings. The normalized spacial score (nSPS) is 13.0. The first-order valence-electron chi connectivity index (χ1n) is 6.66. The van der Waals surface area contributed by atoms with Crippen LogP contribution in [0.25, 0.3) is 0 Å². The van der Waals surface area contributed by atoms with Crippen LogP contribution in [-0.4, -0.2) is 18.0 Å². The maximum absolute atomic E-state index is 12.2. The molecule has 1 rings (SSSR count). The van der Waals surface area contributed by atoms with Crippen molar-refractivity contribution in [3.63, 3.8) is 0 Å². The molecule has 1 aromatic rings. The predicted octanol–water partition coefficient (Wildman–Crippen LogP) is 4.00. The van der Waals surface area contributed by atoms with Crippen LogP contribution in [0.5, 0.6) is 0 Å². The number of alkyl halides is 3. The summed E-state index contributed by atoms with van der Waals surface area (Å²) in [4.78, 5) is 11.8. The van der Waals surface area contributed by atoms with Gasteiger partial charge in [0.05, 0.1) is 0 Å². The Balaban J connectivity index is 2.43. The van der Waals surface area contributed by atoms with E-state index in [2.05, 4.69) is 5.32 Å². The predicted molar refractivity (Wildman–Crippen MR) is 79.1 cm³/mol. The van der Waals surface area contributed by atoms with Gasteiger partial charge in [-0.3, -0.25) is 4.79 Å². The van der Waals surface area contributed by atoms with Gasteiger partial charge in [0.2, 0.25) is 5.91 Å². The van der Waals surface area contributed by atoms with Crippen molar-refractivity contribution in [2.24, 2.45) is 11.7 Å². The van der Waals surface area contributed by atoms with Gasteiger partial charge < -0.3 is 11.1 Å². The zero-order valence-electron chi connectivity index (χ0n) is 11.7. The number of amides is 1. The summed E-state index contributed by atoms with van der Waals surface area (Å²) in [7, 11) is 0. The van der Waals surface area contributed by atoms with Gasteiger partial charge in [-0.15, -0.1) is 0 Å². The zero-order chi connectivity index (χ0) is 15.9. The Labute approximate surface area is 126 Å². The molecule has 0 bridgehead atoms. The lowest BCUT2D eigenvalue weighted by atomic mass is 10.0. The smallest absolute Gasteiger partial charge is 0.330 e. The minimum atomic E-state index is -4.30. The SMILES string of the molecule is CC(CCN)CCC(=O)Nc1ccc(SC(F)(F)F)cc1. The molecule has 0 saturated heterocycles. The fourth-order valence-corrected chi connectivity index (χ4v) is 2.31. The monoisotopic (exact) mass is 320 g/mol. The Morgan fingerprint density at radius 2 is 1.90 bits per heavy atom. The van der Waals surface area contributed by atoms with E-state index in [-0.39, 0.29) is 22.6 Å². The standard InChI is InChI=1S/C14H19F3N2OS/c1-10(8-9-18)2-7-13(20)19-11-3-5-12(6-4-11)21-14(15,16)17/h3-6,10H,2,7-9,18H2,1H3,(H,19,20). The Bertz CT molecular complexity index is 449. The van der Waals surface area contributed by atoms with Gasteiger partial charge in [0.25, 0.3) is 0 Å². The van der Waals surface area contributed by atoms with Gasteiger partial charge in [0.1, 0.15) is 0 Å². The zero-order valence-corrected chi connectivity index (χ0v) is 12.6. The second-order valence-electron chi connectivity index (χ2n) is 4.84. The number of hydrogen-bond donors (Lipinski definition) is 2. The Morgan fingerprint density at radius 3 is 2.43 bits per heavy atom. The minimum absolute atomic E-state index is 0.0945. The molecule has 1 atom stereocenters. The number of carbonyl (C=O) groups excluding carboxylic acids is 1. The van der Waals surface area contributed by atoms with E-state index in [1.165, 1.54) is 24.3 Å². The first kappa shape index (κ1) is 17.8. The third kappa shape index (κ3) is 7.96. The molecule has 0 aliphatic heterocycles. The van der Waals surface area contributed by atoms with Crippen molar-refractivity contribution < 1.29 is 18.0 Å². The first-order chi connectivity index (χ1) is 9.80. The number of rotatable bonds is 7. The maximum atomic E-state index is 12.2. The van der Waals surface area contributed by atoms with Crippen molar-refractivity contribution in [2.75, 3.05) is 11.9 Å². The molecule has 0 radical (unpaired) electrons. The number of hydrogen-bond acceptors (Lipinski definition) is 3. The van der Waals surface area contributed by atoms with Crippen molar-refractivity contribution in [2.45, 2.75) is 36.6 Å². The lowest BCUT2D eigenvalue weighted by molar-refractivity contribution is -0.116. The average molecular weight is 320 g/mol. The number of thioether (sulfide) groups is 1. The van der Waals surface area contributed by atoms with Crippen molar-refractivity contribution >= 4 is 23.4 Å². The number of nitrogens with one attached hydrogen (secondary N) is 1. The van der Waals surface area contributed by atoms with Gasteiger partial charge >= 0.3 is 5.51 Å². The summed E-state index contributed by atoms with van der Waals surface area (Å²) in [5, 5.41) is 2.67. The van der Waals surface area contributed by atoms with Crippen LogP contribution in [0.4, 0.5) is 18.9 Å². The molecule has 1 aromatic carbocycles. The lowest BCUT2D eigenvalue weighted by Crippen LogP contribution is -2.14. The molecule has 0 fully saturated rings. The van der Waals surface area contributed by atoms with Crippen LogP contribution in [0.15, 0.2) is 29.2 Å². The van der Waals surface area contributed by atoms with Crippen LogP contribution < -0.4 is 11.1 Å². The van der Waals surface area contributed by atoms with E-state index in [9.17, 15) is 18.0 Å². The van der Waals surface area contributed by atoms with E-state index in [0.717, 1.165) is 12.8 Å². The van der Waals surface area contributed by atoms with E-state index in [4.69, 9.17) is 5.73 Å². The Kier molecular flexibility index (Phi) is 7.04. The third-order valence-corrected chi connectivity index (χ3v) is 3.63. The molecule has 0 spiro atoms. The van der Waals surface area contributed by atoms with Crippen LogP contribution in [0.1, 0.15) is 26.2 Å². The summed E-state index contributed by atoms with van der Waals surface area (Å²) in [5.74, 6) is 0.237. The molecule has 0 aromatic heterocycles. The molecular weight excluding hydrogens is 301 g/mol. The number of benzene rings is 1. The molecule has 0 aliphatic carbocycles. The maximum Gasteiger partial charge on any atom is 0.446 e. The van der Waals surface area contributed by atoms with Crippen molar-refractivity contribution in [1.82, 2.24) is 0 Å². The molecule has 21 heavy (non-hydrogen) atoms. The van der Waals surface area contributed by atoms with Crippen LogP contribution in [0, 0.1) is 5.92 Å². The topological polar surface area (TPSA) is 55.1 Å². The quantitative estimate of drug-likeness (QED) is 0.747. The second kappa shape index (κ2) is 8.29. The highest BCUT2D eigenvalue weighted by Gasteiger charge is 2.28. The van der Waals surface area contributed by atoms with Crippen LogP contribution >= 0.6 is 11.8 Å². The Hall–Kier alpha value is -1.21. The largest absolute Gasteiger partial charge is 0.446 e. The average Bonchev–Trinajstić information content (AvgIpc) is 2.37. The summed E-state index contributed by atoms with van der Waals surface area (Å²) in [6.45, 7) is 2.63. The fourth-order valence-electron chi connectivity index (χ4n) is 1.77. The highest BCUT2D eigenvalue weighted by molar-refractivity contribution is 8.00. The first-order valence-corrected chi connectivity index (χ1v) is 7.47. The van der Waals surface area contributed by atoms with Gasteiger partial charge in [-0.1, -0.05) is 6.92 Å². The molecule has 3 N–H and O–H groups in total. The molecule has 0 saturated carbocycles. The lowest BCUT2D eigenvalue weighted by Gasteiger charge is -2.10. The molecule has 118 valence electrons. The molecular formula is C14H19F3N2OS. The van der Waals surface area contributed by atoms with Crippen molar-refractivity contribution in [1.29, 1.82) is 0 Å². The summed E-state index contributed by atoms with van der Waals surface area (Å²) < 4.78 is 36.5. The highest BCUT2D eigenvalue weighted by Crippen LogP contribution is 2.37. The highest BCUT2D eigenvalue weighted by atomic mass is 32.2. The van der Waals surface area contributed by atoms with E-state index in [0.29, 0.717) is 24.6 Å². The molecule has 1 amide bonds. The molecule has 0 heterocycles. The third-order valence-electron chi connectivity index (χ3n) is 2.90. The number of anilines is 1. The summed E-state index contributed by atoms with van der Waals surface area (Å²) in [6.07, 6.45) is 1.99.